The van der Waals surface area contributed by atoms with E-state index >= 15 is 0 Å². The normalized spacial score (nSPS) is 16.8. The van der Waals surface area contributed by atoms with Gasteiger partial charge in [0.1, 0.15) is 4.70 Å². The fourth-order valence-corrected chi connectivity index (χ4v) is 3.59. The number of fused-ring (bicyclic) bond motifs is 1. The number of nitrogens with one attached hydrogen (secondary N) is 1. The Morgan fingerprint density at radius 1 is 1.26 bits per heavy atom. The predicted octanol–water partition coefficient (Wildman–Crippen LogP) is 2.43. The number of rotatable bonds is 1. The molecule has 0 aliphatic carbocycles. The van der Waals surface area contributed by atoms with Gasteiger partial charge in [0.05, 0.1) is 0 Å². The van der Waals surface area contributed by atoms with Crippen molar-refractivity contribution < 1.29 is 0 Å². The number of nitrogens with zero attached hydrogens (tertiary/aromatic N) is 3. The van der Waals surface area contributed by atoms with E-state index < -0.39 is 0 Å². The summed E-state index contributed by atoms with van der Waals surface area (Å²) in [5, 5.41) is 0.936. The summed E-state index contributed by atoms with van der Waals surface area (Å²) in [5.74, 6) is 0. The topological polar surface area (TPSA) is 53.9 Å². The fourth-order valence-electron chi connectivity index (χ4n) is 2.37. The van der Waals surface area contributed by atoms with E-state index in [1.54, 1.807) is 7.05 Å². The third-order valence-corrected chi connectivity index (χ3v) is 5.00. The molecule has 0 amide bonds. The first-order valence-corrected chi connectivity index (χ1v) is 7.74. The van der Waals surface area contributed by atoms with Crippen LogP contribution in [-0.4, -0.2) is 27.6 Å². The maximum Gasteiger partial charge on any atom is 0.273 e. The highest BCUT2D eigenvalue weighted by Gasteiger charge is 2.16. The molecule has 19 heavy (non-hydrogen) atoms. The van der Waals surface area contributed by atoms with Gasteiger partial charge in [0.25, 0.3) is 5.56 Å². The molecule has 1 fully saturated rings. The predicted molar refractivity (Wildman–Crippen MR) is 80.7 cm³/mol. The van der Waals surface area contributed by atoms with Crippen LogP contribution >= 0.6 is 23.6 Å². The van der Waals surface area contributed by atoms with Gasteiger partial charge in [0, 0.05) is 20.1 Å². The number of H-pyrrole nitrogens is 1. The minimum absolute atomic E-state index is 0.0580. The summed E-state index contributed by atoms with van der Waals surface area (Å²) in [6, 6.07) is 0. The van der Waals surface area contributed by atoms with Crippen molar-refractivity contribution in [1.29, 1.82) is 0 Å². The lowest BCUT2D eigenvalue weighted by Gasteiger charge is -2.18. The molecule has 0 radical (unpaired) electrons. The van der Waals surface area contributed by atoms with Gasteiger partial charge in [0.15, 0.2) is 15.5 Å². The standard InChI is InChI=1S/C12H16N4OS2/c1-15-10(17)8-9(13-11(15)18)14-12(19-8)16-6-4-2-3-5-7-16/h2-7H2,1H3,(H,13,18). The van der Waals surface area contributed by atoms with Gasteiger partial charge in [-0.05, 0) is 25.1 Å². The molecular formula is C12H16N4OS2. The first-order chi connectivity index (χ1) is 9.16. The molecule has 7 heteroatoms. The Bertz CT molecular complexity index is 707. The summed E-state index contributed by atoms with van der Waals surface area (Å²) in [6.07, 6.45) is 4.96. The molecule has 0 bridgehead atoms. The van der Waals surface area contributed by atoms with E-state index in [-0.39, 0.29) is 5.56 Å². The van der Waals surface area contributed by atoms with Gasteiger partial charge in [-0.1, -0.05) is 24.2 Å². The van der Waals surface area contributed by atoms with Crippen molar-refractivity contribution in [2.45, 2.75) is 25.7 Å². The number of hydrogen-bond acceptors (Lipinski definition) is 5. The van der Waals surface area contributed by atoms with Crippen molar-refractivity contribution in [1.82, 2.24) is 14.5 Å². The largest absolute Gasteiger partial charge is 0.348 e. The van der Waals surface area contributed by atoms with Crippen LogP contribution in [0.15, 0.2) is 4.79 Å². The maximum atomic E-state index is 12.1. The molecule has 1 saturated heterocycles. The second kappa shape index (κ2) is 5.05. The average molecular weight is 296 g/mol. The van der Waals surface area contributed by atoms with E-state index in [9.17, 15) is 4.79 Å². The fraction of sp³-hybridized carbons (Fsp3) is 0.583. The van der Waals surface area contributed by atoms with E-state index in [0.29, 0.717) is 15.1 Å². The smallest absolute Gasteiger partial charge is 0.273 e. The number of thiazole rings is 1. The summed E-state index contributed by atoms with van der Waals surface area (Å²) in [4.78, 5) is 22.0. The van der Waals surface area contributed by atoms with Gasteiger partial charge in [-0.15, -0.1) is 0 Å². The lowest BCUT2D eigenvalue weighted by atomic mass is 10.2. The Balaban J connectivity index is 2.08. The Morgan fingerprint density at radius 3 is 2.63 bits per heavy atom. The van der Waals surface area contributed by atoms with Crippen molar-refractivity contribution in [3.8, 4) is 0 Å². The molecule has 1 aliphatic rings. The maximum absolute atomic E-state index is 12.1. The number of anilines is 1. The zero-order valence-corrected chi connectivity index (χ0v) is 12.4. The van der Waals surface area contributed by atoms with Gasteiger partial charge < -0.3 is 9.88 Å². The summed E-state index contributed by atoms with van der Waals surface area (Å²) in [7, 11) is 1.69. The quantitative estimate of drug-likeness (QED) is 0.821. The first-order valence-electron chi connectivity index (χ1n) is 6.51. The van der Waals surface area contributed by atoms with Gasteiger partial charge in [0.2, 0.25) is 0 Å². The molecule has 0 spiro atoms. The van der Waals surface area contributed by atoms with Crippen LogP contribution in [0.5, 0.6) is 0 Å². The Morgan fingerprint density at radius 2 is 1.95 bits per heavy atom. The molecule has 5 nitrogen and oxygen atoms in total. The molecule has 2 aromatic heterocycles. The zero-order valence-electron chi connectivity index (χ0n) is 10.8. The highest BCUT2D eigenvalue weighted by molar-refractivity contribution is 7.71. The van der Waals surface area contributed by atoms with Gasteiger partial charge >= 0.3 is 0 Å². The van der Waals surface area contributed by atoms with E-state index in [4.69, 9.17) is 12.2 Å². The van der Waals surface area contributed by atoms with Gasteiger partial charge in [-0.2, -0.15) is 0 Å². The van der Waals surface area contributed by atoms with Crippen molar-refractivity contribution in [2.75, 3.05) is 18.0 Å². The summed E-state index contributed by atoms with van der Waals surface area (Å²) >= 11 is 6.58. The van der Waals surface area contributed by atoms with Crippen LogP contribution in [0.3, 0.4) is 0 Å². The van der Waals surface area contributed by atoms with Crippen molar-refractivity contribution in [3.05, 3.63) is 15.1 Å². The highest BCUT2D eigenvalue weighted by atomic mass is 32.1. The molecule has 0 saturated carbocycles. The van der Waals surface area contributed by atoms with Crippen LogP contribution in [-0.2, 0) is 7.05 Å². The van der Waals surface area contributed by atoms with Gasteiger partial charge in [-0.25, -0.2) is 4.98 Å². The Labute approximate surface area is 119 Å². The van der Waals surface area contributed by atoms with E-state index in [1.165, 1.54) is 41.6 Å². The molecule has 0 aromatic carbocycles. The summed E-state index contributed by atoms with van der Waals surface area (Å²) in [5.41, 5.74) is 0.565. The average Bonchev–Trinajstić information content (AvgIpc) is 2.64. The minimum Gasteiger partial charge on any atom is -0.348 e. The first kappa shape index (κ1) is 12.8. The minimum atomic E-state index is -0.0580. The Hall–Kier alpha value is -1.21. The van der Waals surface area contributed by atoms with E-state index in [2.05, 4.69) is 14.9 Å². The molecule has 3 heterocycles. The van der Waals surface area contributed by atoms with Crippen molar-refractivity contribution in [3.63, 3.8) is 0 Å². The third-order valence-electron chi connectivity index (χ3n) is 3.52. The number of aromatic nitrogens is 3. The zero-order chi connectivity index (χ0) is 13.4. The lowest BCUT2D eigenvalue weighted by Crippen LogP contribution is -2.23. The van der Waals surface area contributed by atoms with Crippen LogP contribution < -0.4 is 10.5 Å². The van der Waals surface area contributed by atoms with Crippen LogP contribution in [0.25, 0.3) is 10.3 Å². The molecule has 1 N–H and O–H groups in total. The van der Waals surface area contributed by atoms with Crippen LogP contribution in [0, 0.1) is 4.77 Å². The molecule has 102 valence electrons. The summed E-state index contributed by atoms with van der Waals surface area (Å²) < 4.78 is 2.54. The second-order valence-electron chi connectivity index (χ2n) is 4.87. The summed E-state index contributed by atoms with van der Waals surface area (Å²) in [6.45, 7) is 2.06. The van der Waals surface area contributed by atoms with Gasteiger partial charge in [-0.3, -0.25) is 9.36 Å². The van der Waals surface area contributed by atoms with E-state index in [0.717, 1.165) is 18.2 Å². The van der Waals surface area contributed by atoms with Crippen LogP contribution in [0.1, 0.15) is 25.7 Å². The van der Waals surface area contributed by atoms with Crippen molar-refractivity contribution in [2.24, 2.45) is 7.05 Å². The molecule has 1 aliphatic heterocycles. The monoisotopic (exact) mass is 296 g/mol. The van der Waals surface area contributed by atoms with Crippen LogP contribution in [0.4, 0.5) is 5.13 Å². The molecule has 2 aromatic rings. The lowest BCUT2D eigenvalue weighted by molar-refractivity contribution is 0.726. The van der Waals surface area contributed by atoms with E-state index in [1.807, 2.05) is 0 Å². The number of aromatic amines is 1. The highest BCUT2D eigenvalue weighted by Crippen LogP contribution is 2.27. The second-order valence-corrected chi connectivity index (χ2v) is 6.23. The molecular weight excluding hydrogens is 280 g/mol. The van der Waals surface area contributed by atoms with Crippen molar-refractivity contribution >= 4 is 39.0 Å². The molecule has 0 atom stereocenters. The third kappa shape index (κ3) is 2.32. The SMILES string of the molecule is Cn1c(=S)[nH]c2nc(N3CCCCCC3)sc2c1=O. The number of hydrogen-bond donors (Lipinski definition) is 1. The van der Waals surface area contributed by atoms with Crippen LogP contribution in [0.2, 0.25) is 0 Å². The molecule has 0 unspecified atom stereocenters. The Kier molecular flexibility index (Phi) is 3.40. The molecule has 3 rings (SSSR count).